The first-order chi connectivity index (χ1) is 10.1. The van der Waals surface area contributed by atoms with Gasteiger partial charge in [0.2, 0.25) is 0 Å². The maximum absolute atomic E-state index is 14.0. The molecule has 0 saturated carbocycles. The van der Waals surface area contributed by atoms with E-state index >= 15 is 0 Å². The lowest BCUT2D eigenvalue weighted by Crippen LogP contribution is -2.35. The van der Waals surface area contributed by atoms with Crippen LogP contribution in [0.25, 0.3) is 0 Å². The molecule has 1 atom stereocenters. The van der Waals surface area contributed by atoms with Crippen molar-refractivity contribution in [2.45, 2.75) is 26.1 Å². The summed E-state index contributed by atoms with van der Waals surface area (Å²) in [7, 11) is 0. The largest absolute Gasteiger partial charge is 0.365 e. The summed E-state index contributed by atoms with van der Waals surface area (Å²) in [5.41, 5.74) is 3.03. The summed E-state index contributed by atoms with van der Waals surface area (Å²) in [5, 5.41) is 4.05. The minimum atomic E-state index is -0.207. The number of benzene rings is 2. The van der Waals surface area contributed by atoms with Crippen molar-refractivity contribution in [1.82, 2.24) is 5.32 Å². The fourth-order valence-corrected chi connectivity index (χ4v) is 2.96. The first kappa shape index (κ1) is 14.4. The van der Waals surface area contributed by atoms with Crippen LogP contribution in [0.15, 0.2) is 42.5 Å². The maximum atomic E-state index is 14.0. The molecule has 2 aromatic rings. The summed E-state index contributed by atoms with van der Waals surface area (Å²) in [4.78, 5) is 2.22. The Hall–Kier alpha value is -1.58. The fourth-order valence-electron chi connectivity index (χ4n) is 2.77. The molecule has 110 valence electrons. The Kier molecular flexibility index (Phi) is 4.13. The van der Waals surface area contributed by atoms with Gasteiger partial charge in [-0.3, -0.25) is 0 Å². The van der Waals surface area contributed by atoms with Crippen LogP contribution in [-0.4, -0.2) is 12.6 Å². The van der Waals surface area contributed by atoms with Crippen LogP contribution in [0.4, 0.5) is 10.1 Å². The number of hydrogen-bond acceptors (Lipinski definition) is 2. The highest BCUT2D eigenvalue weighted by molar-refractivity contribution is 6.30. The molecular formula is C17H18ClFN2. The Morgan fingerprint density at radius 1 is 1.29 bits per heavy atom. The van der Waals surface area contributed by atoms with Crippen LogP contribution in [0, 0.1) is 5.82 Å². The summed E-state index contributed by atoms with van der Waals surface area (Å²) in [6.07, 6.45) is 0. The number of para-hydroxylation sites is 1. The Morgan fingerprint density at radius 3 is 2.95 bits per heavy atom. The van der Waals surface area contributed by atoms with E-state index in [1.54, 1.807) is 12.1 Å². The molecule has 4 heteroatoms. The van der Waals surface area contributed by atoms with Gasteiger partial charge < -0.3 is 10.2 Å². The van der Waals surface area contributed by atoms with Gasteiger partial charge in [0.15, 0.2) is 0 Å². The van der Waals surface area contributed by atoms with E-state index in [1.165, 1.54) is 11.6 Å². The molecule has 0 amide bonds. The van der Waals surface area contributed by atoms with Crippen molar-refractivity contribution >= 4 is 17.3 Å². The smallest absolute Gasteiger partial charge is 0.128 e. The number of nitrogens with one attached hydrogen (secondary N) is 1. The average molecular weight is 305 g/mol. The molecule has 2 aromatic carbocycles. The summed E-state index contributed by atoms with van der Waals surface area (Å²) < 4.78 is 14.0. The van der Waals surface area contributed by atoms with E-state index < -0.39 is 0 Å². The molecule has 1 unspecified atom stereocenters. The number of rotatable bonds is 2. The molecule has 2 nitrogen and oxygen atoms in total. The molecule has 0 radical (unpaired) electrons. The van der Waals surface area contributed by atoms with Crippen molar-refractivity contribution < 1.29 is 4.39 Å². The third kappa shape index (κ3) is 3.20. The lowest BCUT2D eigenvalue weighted by Gasteiger charge is -2.26. The van der Waals surface area contributed by atoms with Crippen LogP contribution >= 0.6 is 11.6 Å². The Labute approximate surface area is 129 Å². The number of nitrogens with zero attached hydrogens (tertiary/aromatic N) is 1. The van der Waals surface area contributed by atoms with Crippen molar-refractivity contribution in [1.29, 1.82) is 0 Å². The number of hydrogen-bond donors (Lipinski definition) is 1. The highest BCUT2D eigenvalue weighted by Crippen LogP contribution is 2.26. The molecule has 0 fully saturated rings. The quantitative estimate of drug-likeness (QED) is 0.903. The first-order valence-electron chi connectivity index (χ1n) is 7.13. The second kappa shape index (κ2) is 6.04. The van der Waals surface area contributed by atoms with E-state index in [1.807, 2.05) is 12.1 Å². The van der Waals surface area contributed by atoms with Crippen molar-refractivity contribution in [3.05, 3.63) is 64.4 Å². The number of fused-ring (bicyclic) bond motifs is 1. The topological polar surface area (TPSA) is 15.3 Å². The zero-order chi connectivity index (χ0) is 14.8. The average Bonchev–Trinajstić information content (AvgIpc) is 2.63. The van der Waals surface area contributed by atoms with Gasteiger partial charge in [-0.25, -0.2) is 4.39 Å². The van der Waals surface area contributed by atoms with Gasteiger partial charge >= 0.3 is 0 Å². The zero-order valence-corrected chi connectivity index (χ0v) is 12.7. The van der Waals surface area contributed by atoms with Crippen LogP contribution in [0.5, 0.6) is 0 Å². The van der Waals surface area contributed by atoms with E-state index in [0.717, 1.165) is 18.8 Å². The van der Waals surface area contributed by atoms with Gasteiger partial charge in [-0.1, -0.05) is 29.8 Å². The van der Waals surface area contributed by atoms with E-state index in [4.69, 9.17) is 11.6 Å². The monoisotopic (exact) mass is 304 g/mol. The second-order valence-corrected chi connectivity index (χ2v) is 5.96. The second-order valence-electron chi connectivity index (χ2n) is 5.53. The van der Waals surface area contributed by atoms with E-state index in [-0.39, 0.29) is 5.82 Å². The van der Waals surface area contributed by atoms with Crippen molar-refractivity contribution in [3.8, 4) is 0 Å². The minimum Gasteiger partial charge on any atom is -0.365 e. The van der Waals surface area contributed by atoms with Crippen LogP contribution < -0.4 is 10.2 Å². The van der Waals surface area contributed by atoms with Gasteiger partial charge in [0.1, 0.15) is 5.82 Å². The molecule has 1 aliphatic heterocycles. The predicted molar refractivity (Wildman–Crippen MR) is 85.2 cm³/mol. The zero-order valence-electron chi connectivity index (χ0n) is 11.9. The minimum absolute atomic E-state index is 0.207. The number of anilines is 1. The van der Waals surface area contributed by atoms with E-state index in [9.17, 15) is 4.39 Å². The standard InChI is InChI=1S/C17H18ClFN2/c1-12-10-21(11-14-8-15(18)6-7-16(14)19)17-5-3-2-4-13(17)9-20-12/h2-8,12,20H,9-11H2,1H3. The van der Waals surface area contributed by atoms with Gasteiger partial charge in [-0.15, -0.1) is 0 Å². The van der Waals surface area contributed by atoms with Gasteiger partial charge in [-0.2, -0.15) is 0 Å². The normalized spacial score (nSPS) is 18.2. The van der Waals surface area contributed by atoms with Gasteiger partial charge in [0.05, 0.1) is 0 Å². The van der Waals surface area contributed by atoms with Crippen LogP contribution in [0.3, 0.4) is 0 Å². The van der Waals surface area contributed by atoms with Crippen molar-refractivity contribution in [3.63, 3.8) is 0 Å². The lowest BCUT2D eigenvalue weighted by molar-refractivity contribution is 0.546. The molecule has 3 rings (SSSR count). The lowest BCUT2D eigenvalue weighted by atomic mass is 10.1. The highest BCUT2D eigenvalue weighted by atomic mass is 35.5. The molecule has 0 saturated heterocycles. The molecule has 21 heavy (non-hydrogen) atoms. The number of halogens is 2. The van der Waals surface area contributed by atoms with Gasteiger partial charge in [-0.05, 0) is 36.8 Å². The van der Waals surface area contributed by atoms with Crippen molar-refractivity contribution in [2.24, 2.45) is 0 Å². The van der Waals surface area contributed by atoms with Crippen LogP contribution in [0.2, 0.25) is 5.02 Å². The predicted octanol–water partition coefficient (Wildman–Crippen LogP) is 3.98. The molecule has 1 aliphatic rings. The summed E-state index contributed by atoms with van der Waals surface area (Å²) in [6, 6.07) is 13.3. The fraction of sp³-hybridized carbons (Fsp3) is 0.294. The first-order valence-corrected chi connectivity index (χ1v) is 7.51. The third-order valence-corrected chi connectivity index (χ3v) is 4.07. The molecule has 0 spiro atoms. The van der Waals surface area contributed by atoms with Crippen LogP contribution in [-0.2, 0) is 13.1 Å². The third-order valence-electron chi connectivity index (χ3n) is 3.84. The molecular weight excluding hydrogens is 287 g/mol. The van der Waals surface area contributed by atoms with E-state index in [0.29, 0.717) is 23.2 Å². The Bertz CT molecular complexity index is 644. The Balaban J connectivity index is 1.94. The van der Waals surface area contributed by atoms with Gasteiger partial charge in [0.25, 0.3) is 0 Å². The Morgan fingerprint density at radius 2 is 2.10 bits per heavy atom. The summed E-state index contributed by atoms with van der Waals surface area (Å²) in [5.74, 6) is -0.207. The molecule has 1 heterocycles. The van der Waals surface area contributed by atoms with Crippen LogP contribution in [0.1, 0.15) is 18.1 Å². The molecule has 0 bridgehead atoms. The molecule has 1 N–H and O–H groups in total. The summed E-state index contributed by atoms with van der Waals surface area (Å²) >= 11 is 6.00. The highest BCUT2D eigenvalue weighted by Gasteiger charge is 2.19. The maximum Gasteiger partial charge on any atom is 0.128 e. The molecule has 0 aliphatic carbocycles. The summed E-state index contributed by atoms with van der Waals surface area (Å²) in [6.45, 7) is 4.34. The SMILES string of the molecule is CC1CN(Cc2cc(Cl)ccc2F)c2ccccc2CN1. The van der Waals surface area contributed by atoms with Crippen molar-refractivity contribution in [2.75, 3.05) is 11.4 Å². The van der Waals surface area contributed by atoms with E-state index in [2.05, 4.69) is 29.3 Å². The van der Waals surface area contributed by atoms with Gasteiger partial charge in [0, 0.05) is 41.9 Å². The molecule has 0 aromatic heterocycles.